The summed E-state index contributed by atoms with van der Waals surface area (Å²) in [7, 11) is 0. The molecule has 0 aliphatic carbocycles. The molecule has 1 heterocycles. The van der Waals surface area contributed by atoms with Gasteiger partial charge < -0.3 is 15.2 Å². The Labute approximate surface area is 145 Å². The fraction of sp³-hybridized carbons (Fsp3) is 0.471. The normalized spacial score (nSPS) is 16.1. The maximum atomic E-state index is 12.5. The number of carboxylic acid groups (broad SMARTS) is 1. The van der Waals surface area contributed by atoms with Gasteiger partial charge in [0.05, 0.1) is 12.5 Å². The summed E-state index contributed by atoms with van der Waals surface area (Å²) in [4.78, 5) is 23.0. The molecule has 1 saturated heterocycles. The maximum Gasteiger partial charge on any atom is 0.304 e. The molecule has 24 heavy (non-hydrogen) atoms. The van der Waals surface area contributed by atoms with Crippen molar-refractivity contribution in [1.29, 1.82) is 5.26 Å². The summed E-state index contributed by atoms with van der Waals surface area (Å²) in [6.45, 7) is 0.836. The number of ether oxygens (including phenoxy) is 1. The van der Waals surface area contributed by atoms with Crippen molar-refractivity contribution >= 4 is 29.3 Å². The predicted molar refractivity (Wildman–Crippen MR) is 91.6 cm³/mol. The predicted octanol–water partition coefficient (Wildman–Crippen LogP) is 2.65. The van der Waals surface area contributed by atoms with Crippen molar-refractivity contribution in [3.8, 4) is 6.07 Å². The lowest BCUT2D eigenvalue weighted by Gasteiger charge is -2.29. The fourth-order valence-corrected chi connectivity index (χ4v) is 3.33. The summed E-state index contributed by atoms with van der Waals surface area (Å²) in [6, 6.07) is 9.56. The summed E-state index contributed by atoms with van der Waals surface area (Å²) in [5.41, 5.74) is 0.628. The van der Waals surface area contributed by atoms with E-state index < -0.39 is 11.4 Å². The van der Waals surface area contributed by atoms with Crippen molar-refractivity contribution in [2.24, 2.45) is 5.41 Å². The number of hydrogen-bond donors (Lipinski definition) is 2. The molecule has 1 aromatic rings. The Hall–Kier alpha value is -2.04. The Morgan fingerprint density at radius 1 is 1.38 bits per heavy atom. The highest BCUT2D eigenvalue weighted by Gasteiger charge is 2.40. The average molecular weight is 348 g/mol. The number of nitrogens with one attached hydrogen (secondary N) is 1. The summed E-state index contributed by atoms with van der Waals surface area (Å²) in [5.74, 6) is 0.128. The summed E-state index contributed by atoms with van der Waals surface area (Å²) < 4.78 is 5.24. The van der Waals surface area contributed by atoms with E-state index in [-0.39, 0.29) is 12.3 Å². The molecule has 6 nitrogen and oxygen atoms in total. The van der Waals surface area contributed by atoms with Gasteiger partial charge in [-0.2, -0.15) is 17.0 Å². The van der Waals surface area contributed by atoms with Crippen LogP contribution in [0.5, 0.6) is 0 Å². The molecule has 1 amide bonds. The highest BCUT2D eigenvalue weighted by molar-refractivity contribution is 7.98. The second-order valence-electron chi connectivity index (χ2n) is 5.66. The number of thioether (sulfide) groups is 1. The molecule has 1 fully saturated rings. The number of amides is 1. The number of hydrogen-bond acceptors (Lipinski definition) is 5. The number of anilines is 1. The Bertz CT molecular complexity index is 636. The van der Waals surface area contributed by atoms with Crippen LogP contribution in [-0.4, -0.2) is 35.9 Å². The van der Waals surface area contributed by atoms with E-state index in [9.17, 15) is 14.9 Å². The minimum atomic E-state index is -1.02. The van der Waals surface area contributed by atoms with Crippen LogP contribution in [0.3, 0.4) is 0 Å². The molecular formula is C17H20N2O4S. The van der Waals surface area contributed by atoms with Crippen LogP contribution in [0.1, 0.15) is 24.8 Å². The molecule has 1 aromatic carbocycles. The monoisotopic (exact) mass is 348 g/mol. The van der Waals surface area contributed by atoms with E-state index in [1.807, 2.05) is 18.2 Å². The van der Waals surface area contributed by atoms with E-state index in [4.69, 9.17) is 9.84 Å². The van der Waals surface area contributed by atoms with E-state index in [1.165, 1.54) is 11.8 Å². The van der Waals surface area contributed by atoms with E-state index in [1.54, 1.807) is 6.07 Å². The van der Waals surface area contributed by atoms with E-state index >= 15 is 0 Å². The molecule has 0 unspecified atom stereocenters. The first-order chi connectivity index (χ1) is 11.6. The summed E-state index contributed by atoms with van der Waals surface area (Å²) >= 11 is 1.53. The van der Waals surface area contributed by atoms with Gasteiger partial charge in [0.25, 0.3) is 0 Å². The van der Waals surface area contributed by atoms with E-state index in [2.05, 4.69) is 11.4 Å². The first kappa shape index (κ1) is 18.3. The molecule has 2 rings (SSSR count). The van der Waals surface area contributed by atoms with Gasteiger partial charge in [0.1, 0.15) is 5.41 Å². The second-order valence-corrected chi connectivity index (χ2v) is 6.76. The molecule has 2 N–H and O–H groups in total. The molecule has 0 saturated carbocycles. The molecule has 1 aliphatic rings. The number of nitriles is 1. The Kier molecular flexibility index (Phi) is 6.64. The Morgan fingerprint density at radius 2 is 2.12 bits per heavy atom. The SMILES string of the molecule is N#CC1(C(=O)Nc2cccc(CSCCC(=O)O)c2)CCOCC1. The second kappa shape index (κ2) is 8.71. The number of carbonyl (C=O) groups excluding carboxylic acids is 1. The Morgan fingerprint density at radius 3 is 2.79 bits per heavy atom. The van der Waals surface area contributed by atoms with E-state index in [0.717, 1.165) is 5.56 Å². The largest absolute Gasteiger partial charge is 0.481 e. The van der Waals surface area contributed by atoms with Gasteiger partial charge in [-0.05, 0) is 30.5 Å². The molecule has 0 spiro atoms. The number of benzene rings is 1. The van der Waals surface area contributed by atoms with Crippen molar-refractivity contribution < 1.29 is 19.4 Å². The number of nitrogens with zero attached hydrogens (tertiary/aromatic N) is 1. The lowest BCUT2D eigenvalue weighted by atomic mass is 9.81. The van der Waals surface area contributed by atoms with Gasteiger partial charge in [0.15, 0.2) is 0 Å². The third-order valence-corrected chi connectivity index (χ3v) is 4.94. The van der Waals surface area contributed by atoms with Gasteiger partial charge in [0.2, 0.25) is 5.91 Å². The molecule has 0 aromatic heterocycles. The van der Waals surface area contributed by atoms with Crippen LogP contribution in [0.15, 0.2) is 24.3 Å². The zero-order valence-electron chi connectivity index (χ0n) is 13.3. The van der Waals surface area contributed by atoms with Gasteiger partial charge in [-0.15, -0.1) is 0 Å². The molecule has 0 bridgehead atoms. The van der Waals surface area contributed by atoms with Crippen LogP contribution in [0.2, 0.25) is 0 Å². The first-order valence-corrected chi connectivity index (χ1v) is 8.90. The number of rotatable bonds is 7. The summed E-state index contributed by atoms with van der Waals surface area (Å²) in [5, 5.41) is 20.9. The van der Waals surface area contributed by atoms with Crippen molar-refractivity contribution in [2.45, 2.75) is 25.0 Å². The van der Waals surface area contributed by atoms with Gasteiger partial charge in [0, 0.05) is 30.4 Å². The van der Waals surface area contributed by atoms with Gasteiger partial charge in [-0.1, -0.05) is 12.1 Å². The van der Waals surface area contributed by atoms with Crippen molar-refractivity contribution in [1.82, 2.24) is 0 Å². The van der Waals surface area contributed by atoms with Crippen molar-refractivity contribution in [2.75, 3.05) is 24.3 Å². The van der Waals surface area contributed by atoms with Crippen LogP contribution < -0.4 is 5.32 Å². The van der Waals surface area contributed by atoms with Crippen LogP contribution >= 0.6 is 11.8 Å². The van der Waals surface area contributed by atoms with Crippen LogP contribution in [0, 0.1) is 16.7 Å². The minimum Gasteiger partial charge on any atom is -0.481 e. The third kappa shape index (κ3) is 4.98. The topological polar surface area (TPSA) is 99.4 Å². The zero-order valence-corrected chi connectivity index (χ0v) is 14.1. The zero-order chi connectivity index (χ0) is 17.4. The van der Waals surface area contributed by atoms with Crippen molar-refractivity contribution in [3.05, 3.63) is 29.8 Å². The van der Waals surface area contributed by atoms with Crippen molar-refractivity contribution in [3.63, 3.8) is 0 Å². The van der Waals surface area contributed by atoms with Crippen LogP contribution in [0.4, 0.5) is 5.69 Å². The first-order valence-electron chi connectivity index (χ1n) is 7.75. The maximum absolute atomic E-state index is 12.5. The highest BCUT2D eigenvalue weighted by atomic mass is 32.2. The number of aliphatic carboxylic acids is 1. The standard InChI is InChI=1S/C17H20N2O4S/c18-12-17(5-7-23-8-6-17)16(22)19-14-3-1-2-13(10-14)11-24-9-4-15(20)21/h1-3,10H,4-9,11H2,(H,19,22)(H,20,21). The van der Waals surface area contributed by atoms with Crippen LogP contribution in [-0.2, 0) is 20.1 Å². The van der Waals surface area contributed by atoms with Gasteiger partial charge >= 0.3 is 5.97 Å². The third-order valence-electron chi connectivity index (χ3n) is 3.91. The molecule has 1 aliphatic heterocycles. The Balaban J connectivity index is 1.94. The molecule has 0 atom stereocenters. The smallest absolute Gasteiger partial charge is 0.304 e. The minimum absolute atomic E-state index is 0.133. The molecule has 7 heteroatoms. The number of carboxylic acids is 1. The average Bonchev–Trinajstić information content (AvgIpc) is 2.59. The molecule has 128 valence electrons. The van der Waals surface area contributed by atoms with Crippen LogP contribution in [0.25, 0.3) is 0 Å². The quantitative estimate of drug-likeness (QED) is 0.735. The lowest BCUT2D eigenvalue weighted by Crippen LogP contribution is -2.39. The summed E-state index contributed by atoms with van der Waals surface area (Å²) in [6.07, 6.45) is 0.938. The molecular weight excluding hydrogens is 328 g/mol. The number of carbonyl (C=O) groups is 2. The van der Waals surface area contributed by atoms with Gasteiger partial charge in [-0.25, -0.2) is 0 Å². The lowest BCUT2D eigenvalue weighted by molar-refractivity contribution is -0.136. The van der Waals surface area contributed by atoms with Gasteiger partial charge in [-0.3, -0.25) is 9.59 Å². The molecule has 0 radical (unpaired) electrons. The highest BCUT2D eigenvalue weighted by Crippen LogP contribution is 2.31. The van der Waals surface area contributed by atoms with E-state index in [0.29, 0.717) is 43.2 Å². The fourth-order valence-electron chi connectivity index (χ4n) is 2.45.